The van der Waals surface area contributed by atoms with Crippen LogP contribution in [0.15, 0.2) is 6.20 Å². The zero-order valence-electron chi connectivity index (χ0n) is 8.83. The molecule has 0 aliphatic carbocycles. The molecule has 86 valence electrons. The maximum Gasteiger partial charge on any atom is 0.358 e. The molecule has 1 aromatic rings. The number of rotatable bonds is 2. The number of carboxylic acids is 1. The second-order valence-corrected chi connectivity index (χ2v) is 3.80. The minimum atomic E-state index is -1.09. The van der Waals surface area contributed by atoms with Gasteiger partial charge >= 0.3 is 5.97 Å². The molecule has 0 aromatic carbocycles. The summed E-state index contributed by atoms with van der Waals surface area (Å²) in [6, 6.07) is 0.0319. The van der Waals surface area contributed by atoms with Gasteiger partial charge in [0.1, 0.15) is 0 Å². The quantitative estimate of drug-likeness (QED) is 0.749. The second kappa shape index (κ2) is 3.92. The van der Waals surface area contributed by atoms with Crippen molar-refractivity contribution >= 4 is 11.9 Å². The minimum absolute atomic E-state index is 0.0288. The van der Waals surface area contributed by atoms with Gasteiger partial charge in [-0.25, -0.2) is 9.48 Å². The van der Waals surface area contributed by atoms with Crippen molar-refractivity contribution < 1.29 is 14.7 Å². The lowest BCUT2D eigenvalue weighted by Crippen LogP contribution is -2.26. The van der Waals surface area contributed by atoms with Crippen LogP contribution in [-0.4, -0.2) is 50.0 Å². The highest BCUT2D eigenvalue weighted by molar-refractivity contribution is 5.84. The van der Waals surface area contributed by atoms with E-state index in [1.54, 1.807) is 4.90 Å². The first-order valence-electron chi connectivity index (χ1n) is 4.98. The summed E-state index contributed by atoms with van der Waals surface area (Å²) >= 11 is 0. The van der Waals surface area contributed by atoms with Gasteiger partial charge in [0.15, 0.2) is 5.69 Å². The number of carboxylic acid groups (broad SMARTS) is 1. The fourth-order valence-corrected chi connectivity index (χ4v) is 1.80. The Morgan fingerprint density at radius 2 is 2.31 bits per heavy atom. The maximum atomic E-state index is 11.1. The van der Waals surface area contributed by atoms with E-state index < -0.39 is 5.97 Å². The van der Waals surface area contributed by atoms with Crippen LogP contribution in [0, 0.1) is 0 Å². The Morgan fingerprint density at radius 1 is 1.56 bits per heavy atom. The smallest absolute Gasteiger partial charge is 0.358 e. The van der Waals surface area contributed by atoms with Crippen molar-refractivity contribution in [1.82, 2.24) is 19.9 Å². The zero-order valence-corrected chi connectivity index (χ0v) is 8.83. The van der Waals surface area contributed by atoms with E-state index in [1.807, 2.05) is 0 Å². The van der Waals surface area contributed by atoms with E-state index in [0.717, 1.165) is 6.42 Å². The highest BCUT2D eigenvalue weighted by Gasteiger charge is 2.26. The van der Waals surface area contributed by atoms with Crippen LogP contribution in [0.4, 0.5) is 0 Å². The molecule has 0 radical (unpaired) electrons. The summed E-state index contributed by atoms with van der Waals surface area (Å²) in [7, 11) is 0. The normalized spacial score (nSPS) is 20.1. The number of likely N-dealkylation sites (tertiary alicyclic amines) is 1. The Labute approximate surface area is 91.7 Å². The maximum absolute atomic E-state index is 11.1. The highest BCUT2D eigenvalue weighted by Crippen LogP contribution is 2.20. The molecule has 16 heavy (non-hydrogen) atoms. The average Bonchev–Trinajstić information content (AvgIpc) is 2.86. The Morgan fingerprint density at radius 3 is 2.81 bits per heavy atom. The molecular weight excluding hydrogens is 212 g/mol. The molecule has 7 nitrogen and oxygen atoms in total. The third-order valence-corrected chi connectivity index (χ3v) is 2.71. The Kier molecular flexibility index (Phi) is 2.59. The van der Waals surface area contributed by atoms with Crippen LogP contribution in [0.25, 0.3) is 0 Å². The van der Waals surface area contributed by atoms with Crippen molar-refractivity contribution in [3.05, 3.63) is 11.9 Å². The van der Waals surface area contributed by atoms with Gasteiger partial charge < -0.3 is 10.0 Å². The first-order chi connectivity index (χ1) is 7.58. The Hall–Kier alpha value is -1.92. The van der Waals surface area contributed by atoms with Gasteiger partial charge in [-0.3, -0.25) is 4.79 Å². The summed E-state index contributed by atoms with van der Waals surface area (Å²) in [5.41, 5.74) is -0.0683. The third-order valence-electron chi connectivity index (χ3n) is 2.71. The molecule has 1 saturated heterocycles. The predicted octanol–water partition coefficient (Wildman–Crippen LogP) is -0.230. The minimum Gasteiger partial charge on any atom is -0.476 e. The second-order valence-electron chi connectivity index (χ2n) is 3.80. The number of aromatic carboxylic acids is 1. The van der Waals surface area contributed by atoms with E-state index in [0.29, 0.717) is 13.1 Å². The summed E-state index contributed by atoms with van der Waals surface area (Å²) in [5.74, 6) is -1.06. The number of carbonyl (C=O) groups excluding carboxylic acids is 1. The van der Waals surface area contributed by atoms with Crippen molar-refractivity contribution in [3.8, 4) is 0 Å². The van der Waals surface area contributed by atoms with Gasteiger partial charge in [-0.15, -0.1) is 5.10 Å². The van der Waals surface area contributed by atoms with E-state index in [-0.39, 0.29) is 17.6 Å². The molecular formula is C9H12N4O3. The van der Waals surface area contributed by atoms with Crippen LogP contribution in [0.3, 0.4) is 0 Å². The molecule has 7 heteroatoms. The van der Waals surface area contributed by atoms with Crippen LogP contribution >= 0.6 is 0 Å². The molecule has 1 amide bonds. The lowest BCUT2D eigenvalue weighted by Gasteiger charge is -2.13. The van der Waals surface area contributed by atoms with Crippen molar-refractivity contribution in [2.45, 2.75) is 19.4 Å². The molecule has 1 aromatic heterocycles. The van der Waals surface area contributed by atoms with Gasteiger partial charge in [0, 0.05) is 20.0 Å². The van der Waals surface area contributed by atoms with Crippen molar-refractivity contribution in [2.24, 2.45) is 0 Å². The van der Waals surface area contributed by atoms with Gasteiger partial charge in [0.2, 0.25) is 5.91 Å². The molecule has 1 N–H and O–H groups in total. The molecule has 2 heterocycles. The number of hydrogen-bond donors (Lipinski definition) is 1. The molecule has 1 aliphatic heterocycles. The van der Waals surface area contributed by atoms with Crippen molar-refractivity contribution in [2.75, 3.05) is 13.1 Å². The van der Waals surface area contributed by atoms with E-state index in [9.17, 15) is 9.59 Å². The molecule has 0 bridgehead atoms. The molecule has 1 atom stereocenters. The molecule has 0 unspecified atom stereocenters. The molecule has 0 spiro atoms. The van der Waals surface area contributed by atoms with Crippen LogP contribution < -0.4 is 0 Å². The van der Waals surface area contributed by atoms with Crippen LogP contribution in [0.1, 0.15) is 29.9 Å². The Balaban J connectivity index is 2.08. The summed E-state index contributed by atoms with van der Waals surface area (Å²) in [6.07, 6.45) is 2.18. The van der Waals surface area contributed by atoms with Gasteiger partial charge in [-0.2, -0.15) is 0 Å². The number of carbonyl (C=O) groups is 2. The van der Waals surface area contributed by atoms with Crippen molar-refractivity contribution in [1.29, 1.82) is 0 Å². The number of hydrogen-bond acceptors (Lipinski definition) is 4. The molecule has 2 rings (SSSR count). The topological polar surface area (TPSA) is 88.3 Å². The van der Waals surface area contributed by atoms with Crippen LogP contribution in [0.2, 0.25) is 0 Å². The third kappa shape index (κ3) is 1.88. The number of aromatic nitrogens is 3. The van der Waals surface area contributed by atoms with E-state index in [4.69, 9.17) is 5.11 Å². The monoisotopic (exact) mass is 224 g/mol. The molecule has 0 saturated carbocycles. The number of nitrogens with zero attached hydrogens (tertiary/aromatic N) is 4. The first-order valence-corrected chi connectivity index (χ1v) is 4.98. The highest BCUT2D eigenvalue weighted by atomic mass is 16.4. The summed E-state index contributed by atoms with van der Waals surface area (Å²) < 4.78 is 1.52. The average molecular weight is 224 g/mol. The van der Waals surface area contributed by atoms with Crippen molar-refractivity contribution in [3.63, 3.8) is 0 Å². The van der Waals surface area contributed by atoms with E-state index in [2.05, 4.69) is 10.3 Å². The lowest BCUT2D eigenvalue weighted by atomic mass is 10.3. The van der Waals surface area contributed by atoms with Crippen LogP contribution in [-0.2, 0) is 4.79 Å². The summed E-state index contributed by atoms with van der Waals surface area (Å²) in [6.45, 7) is 2.77. The van der Waals surface area contributed by atoms with Gasteiger partial charge in [0.05, 0.1) is 12.2 Å². The fraction of sp³-hybridized carbons (Fsp3) is 0.556. The molecule has 1 fully saturated rings. The summed E-state index contributed by atoms with van der Waals surface area (Å²) in [4.78, 5) is 23.5. The fourth-order valence-electron chi connectivity index (χ4n) is 1.80. The SMILES string of the molecule is CC(=O)N1CC[C@@H](n2cc(C(=O)O)nn2)C1. The van der Waals surface area contributed by atoms with E-state index >= 15 is 0 Å². The predicted molar refractivity (Wildman–Crippen MR) is 52.9 cm³/mol. The van der Waals surface area contributed by atoms with Gasteiger partial charge in [-0.05, 0) is 6.42 Å². The number of amides is 1. The zero-order chi connectivity index (χ0) is 11.7. The lowest BCUT2D eigenvalue weighted by molar-refractivity contribution is -0.127. The standard InChI is InChI=1S/C9H12N4O3/c1-6(14)12-3-2-7(4-12)13-5-8(9(15)16)10-11-13/h5,7H,2-4H2,1H3,(H,15,16)/t7-/m1/s1. The van der Waals surface area contributed by atoms with Crippen LogP contribution in [0.5, 0.6) is 0 Å². The van der Waals surface area contributed by atoms with Gasteiger partial charge in [-0.1, -0.05) is 5.21 Å². The largest absolute Gasteiger partial charge is 0.476 e. The van der Waals surface area contributed by atoms with E-state index in [1.165, 1.54) is 17.8 Å². The first kappa shape index (κ1) is 10.6. The Bertz CT molecular complexity index is 428. The van der Waals surface area contributed by atoms with Gasteiger partial charge in [0.25, 0.3) is 0 Å². The summed E-state index contributed by atoms with van der Waals surface area (Å²) in [5, 5.41) is 16.0. The molecule has 1 aliphatic rings.